The van der Waals surface area contributed by atoms with E-state index in [2.05, 4.69) is 156 Å². The van der Waals surface area contributed by atoms with Crippen molar-refractivity contribution in [3.8, 4) is 5.75 Å². The van der Waals surface area contributed by atoms with Crippen molar-refractivity contribution in [3.63, 3.8) is 0 Å². The van der Waals surface area contributed by atoms with E-state index in [-0.39, 0.29) is 56.8 Å². The molecule has 0 spiro atoms. The third-order valence-electron chi connectivity index (χ3n) is 27.9. The second kappa shape index (κ2) is 23.8. The maximum atomic E-state index is 12.3. The Kier molecular flexibility index (Phi) is 17.6. The number of hydrogen-bond donors (Lipinski definition) is 3. The Morgan fingerprint density at radius 2 is 0.758 bits per heavy atom. The van der Waals surface area contributed by atoms with Crippen molar-refractivity contribution in [2.24, 2.45) is 33.5 Å². The topological polar surface area (TPSA) is 77.8 Å². The molecule has 4 aromatic rings. The van der Waals surface area contributed by atoms with Gasteiger partial charge in [-0.3, -0.25) is 9.50 Å². The summed E-state index contributed by atoms with van der Waals surface area (Å²) in [5.74, 6) is 1.56. The fourth-order valence-corrected chi connectivity index (χ4v) is 22.6. The molecule has 3 fully saturated rings. The number of aliphatic hydroxyl groups is 2. The van der Waals surface area contributed by atoms with Crippen LogP contribution >= 0.6 is 0 Å². The SMILES string of the molecule is C.C/C=C1/CCC2=C3CCc4cc(C)ccc4[C@]3(C)CC[C@@]21C.C[C@H](O)[C@H]1CCC2=C3CCc4cc(O)ccc4[C@]3(C)CC[C@@]21C.Cc1ccc2c(c1)CCC1=C3C=CC(=O)[C@@]3(C)CC[C@]12C.Cc1ccc2c(c1)CCC1=C3CC[C@H]([C@H](C)O)[C@@]3(C)CC[C@]12C.F. The molecule has 4 aromatic carbocycles. The van der Waals surface area contributed by atoms with E-state index in [9.17, 15) is 20.1 Å². The van der Waals surface area contributed by atoms with Crippen LogP contribution < -0.4 is 0 Å². The Labute approximate surface area is 548 Å². The lowest BCUT2D eigenvalue weighted by atomic mass is 9.55. The van der Waals surface area contributed by atoms with Crippen molar-refractivity contribution in [2.45, 2.75) is 279 Å². The van der Waals surface area contributed by atoms with E-state index in [0.717, 1.165) is 64.2 Å². The minimum Gasteiger partial charge on any atom is -0.508 e. The number of ketones is 1. The fraction of sp³-hybridized carbons (Fsp3) is 0.570. The number of carbonyl (C=O) groups is 1. The minimum absolute atomic E-state index is 0. The molecule has 3 saturated carbocycles. The molecular formula is C86H113FO4. The Hall–Kier alpha value is -5.36. The Morgan fingerprint density at radius 1 is 0.418 bits per heavy atom. The molecule has 12 atom stereocenters. The first kappa shape index (κ1) is 67.1. The van der Waals surface area contributed by atoms with Crippen molar-refractivity contribution in [2.75, 3.05) is 0 Å². The van der Waals surface area contributed by atoms with Gasteiger partial charge in [0.05, 0.1) is 17.6 Å². The second-order valence-electron chi connectivity index (χ2n) is 32.7. The molecule has 0 radical (unpaired) electrons. The maximum Gasteiger partial charge on any atom is 0.165 e. The Balaban J connectivity index is 0.000000124. The van der Waals surface area contributed by atoms with E-state index in [1.807, 2.05) is 26.0 Å². The average molecular weight is 1230 g/mol. The van der Waals surface area contributed by atoms with Gasteiger partial charge in [0.25, 0.3) is 0 Å². The molecule has 0 saturated heterocycles. The van der Waals surface area contributed by atoms with Crippen LogP contribution in [0.15, 0.2) is 141 Å². The molecule has 0 amide bonds. The molecule has 488 valence electrons. The van der Waals surface area contributed by atoms with Crippen LogP contribution in [0.25, 0.3) is 0 Å². The molecule has 3 N–H and O–H groups in total. The van der Waals surface area contributed by atoms with Crippen LogP contribution in [0.1, 0.15) is 260 Å². The summed E-state index contributed by atoms with van der Waals surface area (Å²) in [5.41, 5.74) is 32.6. The van der Waals surface area contributed by atoms with Gasteiger partial charge in [0.2, 0.25) is 0 Å². The van der Waals surface area contributed by atoms with E-state index in [4.69, 9.17) is 0 Å². The number of aliphatic hydroxyl groups excluding tert-OH is 2. The third kappa shape index (κ3) is 10.3. The molecule has 91 heavy (non-hydrogen) atoms. The first-order valence-corrected chi connectivity index (χ1v) is 35.5. The smallest absolute Gasteiger partial charge is 0.165 e. The Morgan fingerprint density at radius 3 is 1.19 bits per heavy atom. The van der Waals surface area contributed by atoms with Crippen molar-refractivity contribution < 1.29 is 24.8 Å². The normalized spacial score (nSPS) is 35.1. The highest BCUT2D eigenvalue weighted by molar-refractivity contribution is 6.02. The van der Waals surface area contributed by atoms with E-state index in [1.165, 1.54) is 127 Å². The number of halogens is 1. The van der Waals surface area contributed by atoms with Gasteiger partial charge in [-0.05, 0) is 281 Å². The molecule has 0 unspecified atom stereocenters. The number of phenols is 1. The van der Waals surface area contributed by atoms with Crippen LogP contribution in [0.3, 0.4) is 0 Å². The van der Waals surface area contributed by atoms with Crippen LogP contribution in [0.5, 0.6) is 5.75 Å². The summed E-state index contributed by atoms with van der Waals surface area (Å²) in [7, 11) is 0. The van der Waals surface area contributed by atoms with Gasteiger partial charge in [-0.2, -0.15) is 0 Å². The lowest BCUT2D eigenvalue weighted by Gasteiger charge is -2.50. The van der Waals surface area contributed by atoms with E-state index < -0.39 is 0 Å². The minimum atomic E-state index is -0.239. The number of rotatable bonds is 2. The van der Waals surface area contributed by atoms with Gasteiger partial charge in [-0.1, -0.05) is 190 Å². The molecule has 0 bridgehead atoms. The summed E-state index contributed by atoms with van der Waals surface area (Å²) >= 11 is 0. The highest BCUT2D eigenvalue weighted by atomic mass is 19.0. The highest BCUT2D eigenvalue weighted by Crippen LogP contribution is 2.66. The standard InChI is InChI=1S/C22H30O.C22H28.C21H28O2.C20H22O.CH4.FH/c1-14-5-7-18-16(13-14)6-8-19-20-10-9-17(15(2)23)21(20,3)11-12-22(18,19)4;1-5-17-8-11-19-20-10-7-16-14-15(2)6-9-18(16)22(20,4)13-12-21(17,19)3;1-13(22)16-8-9-19-18-6-4-14-12-15(23)5-7-17(14)21(18,3)11-10-20(16,19)2;1-13-4-6-15-14(12-13)5-7-16-17-8-9-18(21)20(17,3)11-10-19(15,16)2;;/h5,7,13,15,17,23H,6,8-12H2,1-4H3;5-6,9,14H,7-8,10-13H2,1-4H3;5,7,12-13,16,22-23H,4,6,8-11H2,1-3H3;4,6,8-9,12H,5,7,10-11H2,1-3H3;1H4;1H/b;17-5-;;;;/t15-,17+,21+,22-;21-,22+;13-,16+,20+,21-;19-,20-;;/m0100../s1. The van der Waals surface area contributed by atoms with Crippen LogP contribution in [0, 0.1) is 54.3 Å². The fourth-order valence-electron chi connectivity index (χ4n) is 22.6. The maximum absolute atomic E-state index is 12.3. The number of hydrogen-bond acceptors (Lipinski definition) is 4. The lowest BCUT2D eigenvalue weighted by molar-refractivity contribution is -0.121. The number of allylic oxidation sites excluding steroid dienone is 12. The van der Waals surface area contributed by atoms with Gasteiger partial charge in [-0.25, -0.2) is 0 Å². The van der Waals surface area contributed by atoms with Gasteiger partial charge in [0, 0.05) is 27.1 Å². The average Bonchev–Trinajstić information content (AvgIpc) is 1.72. The zero-order valence-corrected chi connectivity index (χ0v) is 57.7. The zero-order valence-electron chi connectivity index (χ0n) is 57.7. The molecule has 12 aliphatic carbocycles. The van der Waals surface area contributed by atoms with Gasteiger partial charge in [0.1, 0.15) is 5.75 Å². The number of benzene rings is 4. The van der Waals surface area contributed by atoms with Gasteiger partial charge in [0.15, 0.2) is 5.78 Å². The molecule has 0 aromatic heterocycles. The Bertz CT molecular complexity index is 3660. The molecular weight excluding hydrogens is 1120 g/mol. The molecule has 0 heterocycles. The monoisotopic (exact) mass is 1230 g/mol. The molecule has 4 nitrogen and oxygen atoms in total. The van der Waals surface area contributed by atoms with Crippen molar-refractivity contribution >= 4 is 5.78 Å². The van der Waals surface area contributed by atoms with Crippen LogP contribution in [0.4, 0.5) is 4.70 Å². The number of carbonyl (C=O) groups excluding carboxylic acids is 1. The number of aromatic hydroxyl groups is 1. The van der Waals surface area contributed by atoms with E-state index in [0.29, 0.717) is 34.2 Å². The first-order valence-electron chi connectivity index (χ1n) is 35.5. The van der Waals surface area contributed by atoms with E-state index >= 15 is 0 Å². The second-order valence-corrected chi connectivity index (χ2v) is 32.7. The molecule has 12 aliphatic rings. The summed E-state index contributed by atoms with van der Waals surface area (Å²) in [6.07, 6.45) is 32.0. The summed E-state index contributed by atoms with van der Waals surface area (Å²) in [6, 6.07) is 27.1. The first-order chi connectivity index (χ1) is 42.2. The van der Waals surface area contributed by atoms with Crippen LogP contribution in [0.2, 0.25) is 0 Å². The highest BCUT2D eigenvalue weighted by Gasteiger charge is 2.56. The van der Waals surface area contributed by atoms with Gasteiger partial charge < -0.3 is 15.3 Å². The summed E-state index contributed by atoms with van der Waals surface area (Å²) in [4.78, 5) is 12.3. The largest absolute Gasteiger partial charge is 0.508 e. The number of aryl methyl sites for hydroxylation is 7. The van der Waals surface area contributed by atoms with Gasteiger partial charge >= 0.3 is 0 Å². The van der Waals surface area contributed by atoms with Crippen molar-refractivity contribution in [1.82, 2.24) is 0 Å². The molecule has 16 rings (SSSR count). The van der Waals surface area contributed by atoms with Crippen molar-refractivity contribution in [1.29, 1.82) is 0 Å². The quantitative estimate of drug-likeness (QED) is 0.175. The number of fused-ring (bicyclic) bond motifs is 16. The summed E-state index contributed by atoms with van der Waals surface area (Å²) < 4.78 is 0. The van der Waals surface area contributed by atoms with Crippen LogP contribution in [-0.4, -0.2) is 33.3 Å². The predicted molar refractivity (Wildman–Crippen MR) is 377 cm³/mol. The predicted octanol–water partition coefficient (Wildman–Crippen LogP) is 20.8. The zero-order chi connectivity index (χ0) is 63.2. The molecule has 5 heteroatoms. The van der Waals surface area contributed by atoms with Gasteiger partial charge in [-0.15, -0.1) is 0 Å². The van der Waals surface area contributed by atoms with Crippen LogP contribution in [-0.2, 0) is 52.1 Å². The summed E-state index contributed by atoms with van der Waals surface area (Å²) in [5, 5.41) is 30.4. The third-order valence-corrected chi connectivity index (χ3v) is 27.9. The number of phenolic OH excluding ortho intramolecular Hbond substituents is 1. The lowest BCUT2D eigenvalue weighted by Crippen LogP contribution is -2.42. The van der Waals surface area contributed by atoms with Crippen molar-refractivity contribution in [3.05, 3.63) is 202 Å². The molecule has 0 aliphatic heterocycles. The summed E-state index contributed by atoms with van der Waals surface area (Å²) in [6.45, 7) is 32.1. The van der Waals surface area contributed by atoms with E-state index in [1.54, 1.807) is 67.3 Å².